The van der Waals surface area contributed by atoms with Crippen molar-refractivity contribution >= 4 is 43.8 Å². The summed E-state index contributed by atoms with van der Waals surface area (Å²) >= 11 is 10.7. The van der Waals surface area contributed by atoms with E-state index in [-0.39, 0.29) is 11.9 Å². The van der Waals surface area contributed by atoms with Gasteiger partial charge < -0.3 is 0 Å². The first-order valence-corrected chi connectivity index (χ1v) is 6.63. The van der Waals surface area contributed by atoms with E-state index < -0.39 is 0 Å². The highest BCUT2D eigenvalue weighted by molar-refractivity contribution is 9.10. The average molecular weight is 309 g/mol. The third kappa shape index (κ3) is 2.74. The van der Waals surface area contributed by atoms with Crippen LogP contribution in [0.15, 0.2) is 27.7 Å². The Labute approximate surface area is 105 Å². The molecule has 0 aliphatic carbocycles. The van der Waals surface area contributed by atoms with Crippen molar-refractivity contribution in [2.45, 2.75) is 12.5 Å². The zero-order valence-corrected chi connectivity index (χ0v) is 10.9. The molecule has 1 aliphatic heterocycles. The standard InChI is InChI=1S/C10H8BrClFNS/c11-6-1-2-8(13)7(5-6)9-3-4-15-10(12)14-9/h1-2,5,9H,3-4H2. The lowest BCUT2D eigenvalue weighted by Gasteiger charge is -2.18. The highest BCUT2D eigenvalue weighted by atomic mass is 79.9. The maximum absolute atomic E-state index is 13.5. The Balaban J connectivity index is 2.36. The minimum atomic E-state index is -0.219. The summed E-state index contributed by atoms with van der Waals surface area (Å²) in [6.45, 7) is 0. The molecule has 0 N–H and O–H groups in total. The number of benzene rings is 1. The fourth-order valence-electron chi connectivity index (χ4n) is 1.47. The van der Waals surface area contributed by atoms with Crippen LogP contribution >= 0.6 is 39.3 Å². The lowest BCUT2D eigenvalue weighted by atomic mass is 10.0. The Bertz CT molecular complexity index is 410. The molecule has 0 saturated heterocycles. The number of nitrogens with zero attached hydrogens (tertiary/aromatic N) is 1. The van der Waals surface area contributed by atoms with Gasteiger partial charge in [0.15, 0.2) is 4.50 Å². The van der Waals surface area contributed by atoms with Crippen molar-refractivity contribution in [3.05, 3.63) is 34.1 Å². The summed E-state index contributed by atoms with van der Waals surface area (Å²) in [5.41, 5.74) is 0.614. The van der Waals surface area contributed by atoms with Crippen LogP contribution in [0.3, 0.4) is 0 Å². The number of thioether (sulfide) groups is 1. The minimum Gasteiger partial charge on any atom is -0.259 e. The van der Waals surface area contributed by atoms with Crippen LogP contribution in [0.4, 0.5) is 4.39 Å². The fourth-order valence-corrected chi connectivity index (χ4v) is 2.91. The van der Waals surface area contributed by atoms with E-state index in [0.29, 0.717) is 10.1 Å². The van der Waals surface area contributed by atoms with Gasteiger partial charge in [0.25, 0.3) is 0 Å². The van der Waals surface area contributed by atoms with Gasteiger partial charge in [0, 0.05) is 15.8 Å². The second-order valence-corrected chi connectivity index (χ2v) is 5.78. The average Bonchev–Trinajstić information content (AvgIpc) is 2.22. The highest BCUT2D eigenvalue weighted by Crippen LogP contribution is 2.33. The molecule has 1 aliphatic rings. The molecule has 0 fully saturated rings. The summed E-state index contributed by atoms with van der Waals surface area (Å²) in [7, 11) is 0. The molecule has 0 radical (unpaired) electrons. The number of rotatable bonds is 1. The van der Waals surface area contributed by atoms with E-state index in [0.717, 1.165) is 16.6 Å². The minimum absolute atomic E-state index is 0.142. The van der Waals surface area contributed by atoms with Gasteiger partial charge in [-0.3, -0.25) is 4.99 Å². The molecule has 5 heteroatoms. The van der Waals surface area contributed by atoms with E-state index in [4.69, 9.17) is 11.6 Å². The first kappa shape index (κ1) is 11.4. The van der Waals surface area contributed by atoms with E-state index in [1.54, 1.807) is 12.1 Å². The van der Waals surface area contributed by atoms with Crippen molar-refractivity contribution in [1.82, 2.24) is 0 Å². The van der Waals surface area contributed by atoms with Gasteiger partial charge in [-0.2, -0.15) is 0 Å². The zero-order chi connectivity index (χ0) is 10.8. The summed E-state index contributed by atoms with van der Waals surface area (Å²) in [4.78, 5) is 4.24. The topological polar surface area (TPSA) is 12.4 Å². The molecule has 1 aromatic carbocycles. The molecule has 1 nitrogen and oxygen atoms in total. The van der Waals surface area contributed by atoms with Gasteiger partial charge in [-0.05, 0) is 24.6 Å². The Morgan fingerprint density at radius 3 is 3.07 bits per heavy atom. The molecule has 0 aromatic heterocycles. The Morgan fingerprint density at radius 2 is 2.33 bits per heavy atom. The summed E-state index contributed by atoms with van der Waals surface area (Å²) < 4.78 is 14.9. The predicted molar refractivity (Wildman–Crippen MR) is 67.2 cm³/mol. The molecule has 0 bridgehead atoms. The Hall–Kier alpha value is -0.0600. The SMILES string of the molecule is Fc1ccc(Br)cc1C1CCSC(Cl)=N1. The third-order valence-corrected chi connectivity index (χ3v) is 3.89. The summed E-state index contributed by atoms with van der Waals surface area (Å²) in [5, 5.41) is 0. The Kier molecular flexibility index (Phi) is 3.69. The highest BCUT2D eigenvalue weighted by Gasteiger charge is 2.19. The van der Waals surface area contributed by atoms with Crippen molar-refractivity contribution in [2.75, 3.05) is 5.75 Å². The van der Waals surface area contributed by atoms with E-state index in [1.165, 1.54) is 17.8 Å². The fraction of sp³-hybridized carbons (Fsp3) is 0.300. The monoisotopic (exact) mass is 307 g/mol. The van der Waals surface area contributed by atoms with Gasteiger partial charge >= 0.3 is 0 Å². The van der Waals surface area contributed by atoms with E-state index in [1.807, 2.05) is 0 Å². The first-order valence-electron chi connectivity index (χ1n) is 4.48. The molecule has 15 heavy (non-hydrogen) atoms. The smallest absolute Gasteiger partial charge is 0.158 e. The second-order valence-electron chi connectivity index (χ2n) is 3.20. The molecule has 0 spiro atoms. The molecule has 1 aromatic rings. The van der Waals surface area contributed by atoms with Crippen molar-refractivity contribution in [3.63, 3.8) is 0 Å². The lowest BCUT2D eigenvalue weighted by molar-refractivity contribution is 0.577. The number of halogens is 3. The number of aliphatic imine (C=N–C) groups is 1. The number of hydrogen-bond acceptors (Lipinski definition) is 2. The Morgan fingerprint density at radius 1 is 1.53 bits per heavy atom. The summed E-state index contributed by atoms with van der Waals surface area (Å²) in [6.07, 6.45) is 0.828. The molecule has 1 atom stereocenters. The van der Waals surface area contributed by atoms with Crippen LogP contribution in [0, 0.1) is 5.82 Å². The maximum Gasteiger partial charge on any atom is 0.158 e. The van der Waals surface area contributed by atoms with Crippen molar-refractivity contribution < 1.29 is 4.39 Å². The molecule has 80 valence electrons. The second kappa shape index (κ2) is 4.85. The molecular weight excluding hydrogens is 301 g/mol. The van der Waals surface area contributed by atoms with Crippen LogP contribution in [0.1, 0.15) is 18.0 Å². The van der Waals surface area contributed by atoms with Crippen molar-refractivity contribution in [1.29, 1.82) is 0 Å². The lowest BCUT2D eigenvalue weighted by Crippen LogP contribution is -2.07. The van der Waals surface area contributed by atoms with Gasteiger partial charge in [-0.25, -0.2) is 4.39 Å². The van der Waals surface area contributed by atoms with Crippen molar-refractivity contribution in [2.24, 2.45) is 4.99 Å². The molecule has 1 unspecified atom stereocenters. The van der Waals surface area contributed by atoms with Gasteiger partial charge in [0.1, 0.15) is 5.82 Å². The van der Waals surface area contributed by atoms with Gasteiger partial charge in [0.05, 0.1) is 6.04 Å². The molecule has 1 heterocycles. The van der Waals surface area contributed by atoms with Crippen LogP contribution in [0.5, 0.6) is 0 Å². The van der Waals surface area contributed by atoms with Gasteiger partial charge in [-0.15, -0.1) is 0 Å². The van der Waals surface area contributed by atoms with Crippen LogP contribution in [-0.2, 0) is 0 Å². The van der Waals surface area contributed by atoms with E-state index in [2.05, 4.69) is 20.9 Å². The molecule has 2 rings (SSSR count). The molecule has 0 saturated carbocycles. The third-order valence-electron chi connectivity index (χ3n) is 2.19. The summed E-state index contributed by atoms with van der Waals surface area (Å²) in [5.74, 6) is 0.669. The van der Waals surface area contributed by atoms with Gasteiger partial charge in [-0.1, -0.05) is 39.3 Å². The molecular formula is C10H8BrClFNS. The maximum atomic E-state index is 13.5. The van der Waals surface area contributed by atoms with E-state index in [9.17, 15) is 4.39 Å². The van der Waals surface area contributed by atoms with Crippen molar-refractivity contribution in [3.8, 4) is 0 Å². The van der Waals surface area contributed by atoms with Gasteiger partial charge in [0.2, 0.25) is 0 Å². The number of hydrogen-bond donors (Lipinski definition) is 0. The van der Waals surface area contributed by atoms with Crippen LogP contribution in [0.2, 0.25) is 0 Å². The first-order chi connectivity index (χ1) is 7.16. The predicted octanol–water partition coefficient (Wildman–Crippen LogP) is 4.36. The summed E-state index contributed by atoms with van der Waals surface area (Å²) in [6, 6.07) is 4.76. The molecule has 0 amide bonds. The largest absolute Gasteiger partial charge is 0.259 e. The zero-order valence-electron chi connectivity index (χ0n) is 7.71. The van der Waals surface area contributed by atoms with Crippen LogP contribution in [-0.4, -0.2) is 10.3 Å². The normalized spacial score (nSPS) is 21.3. The van der Waals surface area contributed by atoms with E-state index >= 15 is 0 Å². The van der Waals surface area contributed by atoms with Crippen LogP contribution in [0.25, 0.3) is 0 Å². The van der Waals surface area contributed by atoms with Crippen LogP contribution < -0.4 is 0 Å². The quantitative estimate of drug-likeness (QED) is 0.751.